The van der Waals surface area contributed by atoms with Gasteiger partial charge in [0.15, 0.2) is 5.82 Å². The highest BCUT2D eigenvalue weighted by Gasteiger charge is 2.12. The summed E-state index contributed by atoms with van der Waals surface area (Å²) in [6.07, 6.45) is 3.56. The van der Waals surface area contributed by atoms with E-state index in [1.165, 1.54) is 0 Å². The molecule has 2 N–H and O–H groups in total. The minimum atomic E-state index is -1.46. The average molecular weight is 342 g/mol. The first-order chi connectivity index (χ1) is 11.3. The van der Waals surface area contributed by atoms with Gasteiger partial charge >= 0.3 is 7.12 Å². The van der Waals surface area contributed by atoms with Crippen molar-refractivity contribution in [3.05, 3.63) is 48.0 Å². The number of rotatable bonds is 6. The maximum atomic E-state index is 9.08. The first-order valence-electron chi connectivity index (χ1n) is 7.92. The summed E-state index contributed by atoms with van der Waals surface area (Å²) in [4.78, 5) is 4.24. The Hall–Kier alpha value is -1.85. The number of ether oxygens (including phenoxy) is 1. The molecule has 0 aliphatic heterocycles. The molecule has 0 fully saturated rings. The van der Waals surface area contributed by atoms with Crippen LogP contribution in [0.4, 0.5) is 0 Å². The second kappa shape index (κ2) is 8.31. The third kappa shape index (κ3) is 5.98. The molecule has 0 atom stereocenters. The van der Waals surface area contributed by atoms with Crippen molar-refractivity contribution < 1.29 is 14.8 Å². The Morgan fingerprint density at radius 3 is 2.50 bits per heavy atom. The molecule has 0 bridgehead atoms. The van der Waals surface area contributed by atoms with E-state index < -0.39 is 15.2 Å². The zero-order valence-corrected chi connectivity index (χ0v) is 15.4. The van der Waals surface area contributed by atoms with E-state index in [-0.39, 0.29) is 0 Å². The second-order valence-corrected chi connectivity index (χ2v) is 12.4. The van der Waals surface area contributed by atoms with Gasteiger partial charge in [-0.15, -0.1) is 0 Å². The van der Waals surface area contributed by atoms with Crippen LogP contribution in [0.2, 0.25) is 25.7 Å². The first kappa shape index (κ1) is 18.5. The molecule has 0 aliphatic carbocycles. The predicted molar refractivity (Wildman–Crippen MR) is 98.6 cm³/mol. The lowest BCUT2D eigenvalue weighted by Crippen LogP contribution is -2.29. The quantitative estimate of drug-likeness (QED) is 0.471. The zero-order chi connectivity index (χ0) is 17.6. The molecule has 7 heteroatoms. The van der Waals surface area contributed by atoms with E-state index >= 15 is 0 Å². The van der Waals surface area contributed by atoms with Crippen LogP contribution >= 0.6 is 0 Å². The van der Waals surface area contributed by atoms with Gasteiger partial charge in [0.25, 0.3) is 0 Å². The van der Waals surface area contributed by atoms with E-state index in [9.17, 15) is 0 Å². The van der Waals surface area contributed by atoms with E-state index in [0.717, 1.165) is 18.2 Å². The smallest absolute Gasteiger partial charge is 0.423 e. The van der Waals surface area contributed by atoms with E-state index in [4.69, 9.17) is 14.8 Å². The van der Waals surface area contributed by atoms with Gasteiger partial charge in [-0.25, -0.2) is 4.98 Å². The van der Waals surface area contributed by atoms with Crippen LogP contribution in [-0.4, -0.2) is 41.4 Å². The lowest BCUT2D eigenvalue weighted by molar-refractivity contribution is 0.0866. The molecule has 0 unspecified atom stereocenters. The van der Waals surface area contributed by atoms with Crippen molar-refractivity contribution in [3.63, 3.8) is 0 Å². The summed E-state index contributed by atoms with van der Waals surface area (Å²) < 4.78 is 7.60. The summed E-state index contributed by atoms with van der Waals surface area (Å²) in [6.45, 7) is 8.18. The number of benzene rings is 1. The minimum absolute atomic E-state index is 0.442. The van der Waals surface area contributed by atoms with E-state index in [1.807, 2.05) is 10.8 Å². The summed E-state index contributed by atoms with van der Waals surface area (Å²) in [5, 5.41) is 18.2. The van der Waals surface area contributed by atoms with Crippen molar-refractivity contribution in [1.29, 1.82) is 0 Å². The first-order valence-corrected chi connectivity index (χ1v) is 11.6. The van der Waals surface area contributed by atoms with Gasteiger partial charge in [0.1, 0.15) is 6.73 Å². The van der Waals surface area contributed by atoms with Crippen LogP contribution in [0.25, 0.3) is 0 Å². The van der Waals surface area contributed by atoms with E-state index in [1.54, 1.807) is 30.5 Å². The van der Waals surface area contributed by atoms with Gasteiger partial charge in [-0.1, -0.05) is 37.7 Å². The highest BCUT2D eigenvalue weighted by atomic mass is 28.3. The molecule has 5 nitrogen and oxygen atoms in total. The molecule has 0 radical (unpaired) electrons. The third-order valence-electron chi connectivity index (χ3n) is 3.47. The maximum Gasteiger partial charge on any atom is 0.488 e. The van der Waals surface area contributed by atoms with Crippen molar-refractivity contribution >= 4 is 20.7 Å². The van der Waals surface area contributed by atoms with Gasteiger partial charge in [0, 0.05) is 32.6 Å². The predicted octanol–water partition coefficient (Wildman–Crippen LogP) is 1.27. The van der Waals surface area contributed by atoms with Crippen LogP contribution in [-0.2, 0) is 11.5 Å². The molecular weight excluding hydrogens is 319 g/mol. The number of aromatic nitrogens is 2. The van der Waals surface area contributed by atoms with Gasteiger partial charge < -0.3 is 19.4 Å². The van der Waals surface area contributed by atoms with E-state index in [0.29, 0.717) is 18.0 Å². The molecule has 0 saturated carbocycles. The van der Waals surface area contributed by atoms with Crippen molar-refractivity contribution in [3.8, 4) is 11.8 Å². The number of hydrogen-bond acceptors (Lipinski definition) is 4. The highest BCUT2D eigenvalue weighted by Crippen LogP contribution is 2.08. The number of hydrogen-bond donors (Lipinski definition) is 2. The SMILES string of the molecule is C[Si](C)(C)CCOCn1ccnc1C#Cc1ccc(B(O)O)cc1. The molecule has 1 heterocycles. The van der Waals surface area contributed by atoms with Crippen LogP contribution in [0, 0.1) is 11.8 Å². The lowest BCUT2D eigenvalue weighted by Gasteiger charge is -2.15. The lowest BCUT2D eigenvalue weighted by atomic mass is 9.80. The Bertz CT molecular complexity index is 712. The summed E-state index contributed by atoms with van der Waals surface area (Å²) in [7, 11) is -2.54. The van der Waals surface area contributed by atoms with Gasteiger partial charge in [0.2, 0.25) is 0 Å². The number of imidazole rings is 1. The normalized spacial score (nSPS) is 11.0. The van der Waals surface area contributed by atoms with Gasteiger partial charge in [-0.3, -0.25) is 0 Å². The largest absolute Gasteiger partial charge is 0.488 e. The molecule has 1 aromatic carbocycles. The third-order valence-corrected chi connectivity index (χ3v) is 5.17. The number of nitrogens with zero attached hydrogens (tertiary/aromatic N) is 2. The van der Waals surface area contributed by atoms with Gasteiger partial charge in [0.05, 0.1) is 0 Å². The standard InChI is InChI=1S/C17H23BN2O3Si/c1-24(2,3)13-12-23-14-20-11-10-19-17(20)9-6-15-4-7-16(8-5-15)18(21)22/h4-5,7-8,10-11,21-22H,12-14H2,1-3H3. The maximum absolute atomic E-state index is 9.08. The van der Waals surface area contributed by atoms with Crippen LogP contribution in [0.15, 0.2) is 36.7 Å². The monoisotopic (exact) mass is 342 g/mol. The molecule has 126 valence electrons. The molecular formula is C17H23BN2O3Si. The molecule has 0 amide bonds. The minimum Gasteiger partial charge on any atom is -0.423 e. The summed E-state index contributed by atoms with van der Waals surface area (Å²) in [5.41, 5.74) is 1.23. The van der Waals surface area contributed by atoms with Gasteiger partial charge in [-0.2, -0.15) is 0 Å². The topological polar surface area (TPSA) is 67.5 Å². The molecule has 2 rings (SSSR count). The summed E-state index contributed by atoms with van der Waals surface area (Å²) in [6, 6.07) is 7.91. The van der Waals surface area contributed by atoms with Crippen molar-refractivity contribution in [1.82, 2.24) is 9.55 Å². The van der Waals surface area contributed by atoms with Crippen LogP contribution < -0.4 is 5.46 Å². The zero-order valence-electron chi connectivity index (χ0n) is 14.4. The Morgan fingerprint density at radius 2 is 1.88 bits per heavy atom. The average Bonchev–Trinajstić information content (AvgIpc) is 2.96. The fourth-order valence-corrected chi connectivity index (χ4v) is 2.70. The molecule has 24 heavy (non-hydrogen) atoms. The Balaban J connectivity index is 1.96. The van der Waals surface area contributed by atoms with Crippen molar-refractivity contribution in [2.24, 2.45) is 0 Å². The molecule has 2 aromatic rings. The summed E-state index contributed by atoms with van der Waals surface area (Å²) >= 11 is 0. The van der Waals surface area contributed by atoms with Crippen molar-refractivity contribution in [2.45, 2.75) is 32.4 Å². The summed E-state index contributed by atoms with van der Waals surface area (Å²) in [5.74, 6) is 6.69. The van der Waals surface area contributed by atoms with Crippen molar-refractivity contribution in [2.75, 3.05) is 6.61 Å². The highest BCUT2D eigenvalue weighted by molar-refractivity contribution is 6.76. The molecule has 0 saturated heterocycles. The fraction of sp³-hybridized carbons (Fsp3) is 0.353. The second-order valence-electron chi connectivity index (χ2n) is 6.81. The van der Waals surface area contributed by atoms with Crippen LogP contribution in [0.5, 0.6) is 0 Å². The van der Waals surface area contributed by atoms with Crippen LogP contribution in [0.1, 0.15) is 11.4 Å². The van der Waals surface area contributed by atoms with E-state index in [2.05, 4.69) is 36.5 Å². The van der Waals surface area contributed by atoms with Gasteiger partial charge in [-0.05, 0) is 29.6 Å². The molecule has 0 aliphatic rings. The molecule has 1 aromatic heterocycles. The van der Waals surface area contributed by atoms with Crippen LogP contribution in [0.3, 0.4) is 0 Å². The Morgan fingerprint density at radius 1 is 1.17 bits per heavy atom. The Kier molecular flexibility index (Phi) is 6.40. The Labute approximate surface area is 144 Å². The molecule has 0 spiro atoms. The fourth-order valence-electron chi connectivity index (χ4n) is 1.95.